The highest BCUT2D eigenvalue weighted by Gasteiger charge is 2.35. The van der Waals surface area contributed by atoms with Gasteiger partial charge in [0.1, 0.15) is 24.1 Å². The first-order chi connectivity index (χ1) is 14.7. The second-order valence-corrected chi connectivity index (χ2v) is 6.42. The number of hydrogen-bond acceptors (Lipinski definition) is 7. The van der Waals surface area contributed by atoms with Gasteiger partial charge in [0.15, 0.2) is 5.69 Å². The molecule has 2 heterocycles. The van der Waals surface area contributed by atoms with Crippen LogP contribution in [0.4, 0.5) is 24.5 Å². The molecule has 3 rings (SSSR count). The van der Waals surface area contributed by atoms with E-state index in [2.05, 4.69) is 21.7 Å². The minimum Gasteiger partial charge on any atom is -0.487 e. The molecule has 0 bridgehead atoms. The molecular formula is C21H17F3N6O. The van der Waals surface area contributed by atoms with E-state index in [0.717, 1.165) is 6.07 Å². The average molecular weight is 426 g/mol. The van der Waals surface area contributed by atoms with Crippen LogP contribution in [0.25, 0.3) is 11.3 Å². The van der Waals surface area contributed by atoms with Crippen molar-refractivity contribution in [2.24, 2.45) is 10.8 Å². The molecule has 0 atom stereocenters. The minimum atomic E-state index is -4.68. The lowest BCUT2D eigenvalue weighted by Crippen LogP contribution is -2.25. The number of benzene rings is 1. The Bertz CT molecular complexity index is 1140. The van der Waals surface area contributed by atoms with Crippen LogP contribution in [0, 0.1) is 11.3 Å². The van der Waals surface area contributed by atoms with Gasteiger partial charge in [0.05, 0.1) is 22.6 Å². The summed E-state index contributed by atoms with van der Waals surface area (Å²) in [6.45, 7) is 3.27. The fraction of sp³-hybridized carbons (Fsp3) is 0.143. The van der Waals surface area contributed by atoms with Crippen LogP contribution in [0.1, 0.15) is 17.0 Å². The average Bonchev–Trinajstić information content (AvgIpc) is 2.76. The Hall–Kier alpha value is -3.97. The van der Waals surface area contributed by atoms with Crippen LogP contribution in [0.2, 0.25) is 0 Å². The molecule has 3 aromatic rings. The molecule has 0 spiro atoms. The van der Waals surface area contributed by atoms with Gasteiger partial charge in [-0.25, -0.2) is 10.8 Å². The number of aromatic nitrogens is 2. The van der Waals surface area contributed by atoms with E-state index < -0.39 is 11.7 Å². The minimum absolute atomic E-state index is 0.108. The van der Waals surface area contributed by atoms with Crippen molar-refractivity contribution in [2.45, 2.75) is 12.8 Å². The predicted molar refractivity (Wildman–Crippen MR) is 110 cm³/mol. The fourth-order valence-corrected chi connectivity index (χ4v) is 2.85. The molecule has 0 saturated heterocycles. The van der Waals surface area contributed by atoms with E-state index in [1.54, 1.807) is 18.2 Å². The van der Waals surface area contributed by atoms with Crippen LogP contribution in [-0.4, -0.2) is 23.7 Å². The standard InChI is InChI=1S/C21H17F3N6O/c1-27-20-17(11-25)29-16(10-18(20)30(2)26)13-6-7-19(15(9-13)21(22,23)24)31-12-14-5-3-4-8-28-14/h3-10H,1,12,26H2,2H3. The van der Waals surface area contributed by atoms with E-state index in [0.29, 0.717) is 11.4 Å². The van der Waals surface area contributed by atoms with E-state index in [1.807, 2.05) is 6.07 Å². The molecule has 158 valence electrons. The van der Waals surface area contributed by atoms with Gasteiger partial charge in [-0.05, 0) is 43.1 Å². The van der Waals surface area contributed by atoms with Crippen LogP contribution < -0.4 is 15.6 Å². The van der Waals surface area contributed by atoms with Gasteiger partial charge < -0.3 is 9.75 Å². The number of pyridine rings is 2. The van der Waals surface area contributed by atoms with Gasteiger partial charge in [0.25, 0.3) is 0 Å². The number of halogens is 3. The van der Waals surface area contributed by atoms with Crippen molar-refractivity contribution >= 4 is 18.1 Å². The second-order valence-electron chi connectivity index (χ2n) is 6.42. The number of nitriles is 1. The second kappa shape index (κ2) is 8.81. The summed E-state index contributed by atoms with van der Waals surface area (Å²) in [5.74, 6) is 5.44. The van der Waals surface area contributed by atoms with Crippen LogP contribution in [-0.2, 0) is 12.8 Å². The number of alkyl halides is 3. The Morgan fingerprint density at radius 2 is 2.03 bits per heavy atom. The zero-order valence-electron chi connectivity index (χ0n) is 16.4. The largest absolute Gasteiger partial charge is 0.487 e. The third kappa shape index (κ3) is 4.79. The van der Waals surface area contributed by atoms with Crippen molar-refractivity contribution in [3.63, 3.8) is 0 Å². The number of hydrogen-bond donors (Lipinski definition) is 1. The summed E-state index contributed by atoms with van der Waals surface area (Å²) in [5.41, 5.74) is 0.0933. The molecule has 0 aliphatic rings. The Kier molecular flexibility index (Phi) is 6.17. The van der Waals surface area contributed by atoms with Gasteiger partial charge in [-0.2, -0.15) is 18.4 Å². The number of hydrazine groups is 1. The monoisotopic (exact) mass is 426 g/mol. The number of ether oxygens (including phenoxy) is 1. The summed E-state index contributed by atoms with van der Waals surface area (Å²) >= 11 is 0. The molecule has 0 aliphatic heterocycles. The molecule has 0 amide bonds. The van der Waals surface area contributed by atoms with E-state index in [9.17, 15) is 18.4 Å². The fourth-order valence-electron chi connectivity index (χ4n) is 2.85. The van der Waals surface area contributed by atoms with E-state index in [4.69, 9.17) is 10.6 Å². The van der Waals surface area contributed by atoms with Gasteiger partial charge in [0.2, 0.25) is 0 Å². The van der Waals surface area contributed by atoms with E-state index in [1.165, 1.54) is 36.5 Å². The molecule has 10 heteroatoms. The Balaban J connectivity index is 2.06. The molecular weight excluding hydrogens is 409 g/mol. The Labute approximate surface area is 176 Å². The molecule has 0 radical (unpaired) electrons. The predicted octanol–water partition coefficient (Wildman–Crippen LogP) is 4.26. The zero-order chi connectivity index (χ0) is 22.6. The van der Waals surface area contributed by atoms with Crippen molar-refractivity contribution in [2.75, 3.05) is 12.1 Å². The lowest BCUT2D eigenvalue weighted by molar-refractivity contribution is -0.139. The van der Waals surface area contributed by atoms with Gasteiger partial charge in [-0.15, -0.1) is 0 Å². The molecule has 0 fully saturated rings. The molecule has 2 aromatic heterocycles. The maximum absolute atomic E-state index is 13.7. The molecule has 0 aliphatic carbocycles. The summed E-state index contributed by atoms with van der Waals surface area (Å²) in [7, 11) is 1.50. The summed E-state index contributed by atoms with van der Waals surface area (Å²) in [5, 5.41) is 10.6. The van der Waals surface area contributed by atoms with Crippen molar-refractivity contribution in [1.82, 2.24) is 9.97 Å². The first-order valence-electron chi connectivity index (χ1n) is 8.89. The van der Waals surface area contributed by atoms with Crippen LogP contribution in [0.3, 0.4) is 0 Å². The van der Waals surface area contributed by atoms with Gasteiger partial charge in [-0.1, -0.05) is 6.07 Å². The van der Waals surface area contributed by atoms with Crippen LogP contribution >= 0.6 is 0 Å². The maximum Gasteiger partial charge on any atom is 0.419 e. The highest BCUT2D eigenvalue weighted by Crippen LogP contribution is 2.40. The summed E-state index contributed by atoms with van der Waals surface area (Å²) < 4.78 is 46.5. The lowest BCUT2D eigenvalue weighted by Gasteiger charge is -2.18. The third-order valence-electron chi connectivity index (χ3n) is 4.30. The normalized spacial score (nSPS) is 11.0. The molecule has 7 nitrogen and oxygen atoms in total. The number of nitrogens with two attached hydrogens (primary N) is 1. The van der Waals surface area contributed by atoms with Crippen molar-refractivity contribution in [1.29, 1.82) is 5.26 Å². The van der Waals surface area contributed by atoms with Crippen molar-refractivity contribution in [3.8, 4) is 23.1 Å². The van der Waals surface area contributed by atoms with Gasteiger partial charge in [-0.3, -0.25) is 9.98 Å². The summed E-state index contributed by atoms with van der Waals surface area (Å²) in [6, 6.07) is 11.9. The molecule has 0 saturated carbocycles. The molecule has 0 unspecified atom stereocenters. The Morgan fingerprint density at radius 3 is 2.61 bits per heavy atom. The third-order valence-corrected chi connectivity index (χ3v) is 4.30. The lowest BCUT2D eigenvalue weighted by atomic mass is 10.0. The maximum atomic E-state index is 13.7. The highest BCUT2D eigenvalue weighted by molar-refractivity contribution is 5.78. The molecule has 2 N–H and O–H groups in total. The highest BCUT2D eigenvalue weighted by atomic mass is 19.4. The molecule has 31 heavy (non-hydrogen) atoms. The smallest absolute Gasteiger partial charge is 0.419 e. The number of aliphatic imine (C=N–C) groups is 1. The number of anilines is 1. The number of rotatable bonds is 6. The van der Waals surface area contributed by atoms with Gasteiger partial charge in [0, 0.05) is 18.8 Å². The molecule has 1 aromatic carbocycles. The quantitative estimate of drug-likeness (QED) is 0.359. The van der Waals surface area contributed by atoms with E-state index in [-0.39, 0.29) is 35.0 Å². The van der Waals surface area contributed by atoms with E-state index >= 15 is 0 Å². The first kappa shape index (κ1) is 21.7. The van der Waals surface area contributed by atoms with Crippen LogP contribution in [0.15, 0.2) is 53.7 Å². The number of nitrogens with zero attached hydrogens (tertiary/aromatic N) is 5. The van der Waals surface area contributed by atoms with Crippen LogP contribution in [0.5, 0.6) is 5.75 Å². The first-order valence-corrected chi connectivity index (χ1v) is 8.89. The SMILES string of the molecule is C=Nc1c(N(C)N)cc(-c2ccc(OCc3ccccn3)c(C(F)(F)F)c2)nc1C#N. The Morgan fingerprint density at radius 1 is 1.26 bits per heavy atom. The summed E-state index contributed by atoms with van der Waals surface area (Å²) in [6.07, 6.45) is -3.15. The van der Waals surface area contributed by atoms with Crippen molar-refractivity contribution in [3.05, 3.63) is 65.6 Å². The topological polar surface area (TPSA) is 100 Å². The van der Waals surface area contributed by atoms with Crippen molar-refractivity contribution < 1.29 is 17.9 Å². The zero-order valence-corrected chi connectivity index (χ0v) is 16.4. The van der Waals surface area contributed by atoms with Gasteiger partial charge >= 0.3 is 6.18 Å². The summed E-state index contributed by atoms with van der Waals surface area (Å²) in [4.78, 5) is 11.9.